The quantitative estimate of drug-likeness (QED) is 0.816. The van der Waals surface area contributed by atoms with E-state index < -0.39 is 0 Å². The smallest absolute Gasteiger partial charge is 0.239 e. The molecule has 110 valence electrons. The lowest BCUT2D eigenvalue weighted by Gasteiger charge is -2.29. The highest BCUT2D eigenvalue weighted by Crippen LogP contribution is 2.28. The van der Waals surface area contributed by atoms with Crippen molar-refractivity contribution in [2.45, 2.75) is 57.7 Å². The van der Waals surface area contributed by atoms with Crippen LogP contribution >= 0.6 is 0 Å². The minimum absolute atomic E-state index is 0.0134. The van der Waals surface area contributed by atoms with Gasteiger partial charge in [0.15, 0.2) is 0 Å². The van der Waals surface area contributed by atoms with E-state index in [0.717, 1.165) is 6.42 Å². The van der Waals surface area contributed by atoms with Crippen molar-refractivity contribution in [2.24, 2.45) is 5.92 Å². The van der Waals surface area contributed by atoms with Gasteiger partial charge in [-0.25, -0.2) is 0 Å². The summed E-state index contributed by atoms with van der Waals surface area (Å²) in [4.78, 5) is 16.6. The van der Waals surface area contributed by atoms with Gasteiger partial charge < -0.3 is 10.2 Å². The number of fused-ring (bicyclic) bond motifs is 1. The van der Waals surface area contributed by atoms with Crippen LogP contribution in [0, 0.1) is 5.92 Å². The van der Waals surface area contributed by atoms with Gasteiger partial charge in [-0.3, -0.25) is 9.69 Å². The van der Waals surface area contributed by atoms with Crippen molar-refractivity contribution in [3.63, 3.8) is 0 Å². The molecule has 4 heteroatoms. The molecule has 0 aromatic rings. The molecule has 2 fully saturated rings. The Kier molecular flexibility index (Phi) is 4.85. The Labute approximate surface area is 117 Å². The van der Waals surface area contributed by atoms with Crippen LogP contribution in [0.3, 0.4) is 0 Å². The molecule has 4 nitrogen and oxygen atoms in total. The zero-order valence-corrected chi connectivity index (χ0v) is 12.9. The zero-order chi connectivity index (χ0) is 14.0. The molecule has 2 rings (SSSR count). The number of hydrogen-bond donors (Lipinski definition) is 1. The Morgan fingerprint density at radius 2 is 2.05 bits per heavy atom. The van der Waals surface area contributed by atoms with Crippen LogP contribution in [0.2, 0.25) is 0 Å². The number of likely N-dealkylation sites (N-methyl/N-ethyl adjacent to an activating group) is 1. The van der Waals surface area contributed by atoms with E-state index in [1.54, 1.807) is 4.90 Å². The van der Waals surface area contributed by atoms with Gasteiger partial charge in [-0.2, -0.15) is 0 Å². The van der Waals surface area contributed by atoms with Gasteiger partial charge in [0.05, 0.1) is 6.04 Å². The summed E-state index contributed by atoms with van der Waals surface area (Å²) in [7, 11) is 3.71. The second-order valence-electron chi connectivity index (χ2n) is 6.72. The average Bonchev–Trinajstić information content (AvgIpc) is 2.91. The molecule has 1 N–H and O–H groups in total. The van der Waals surface area contributed by atoms with Crippen molar-refractivity contribution in [1.82, 2.24) is 15.1 Å². The van der Waals surface area contributed by atoms with Gasteiger partial charge in [-0.15, -0.1) is 0 Å². The lowest BCUT2D eigenvalue weighted by molar-refractivity contribution is -0.131. The molecule has 2 heterocycles. The van der Waals surface area contributed by atoms with Gasteiger partial charge in [-0.05, 0) is 38.1 Å². The third-order valence-electron chi connectivity index (χ3n) is 4.47. The molecule has 2 saturated heterocycles. The summed E-state index contributed by atoms with van der Waals surface area (Å²) < 4.78 is 0. The predicted octanol–water partition coefficient (Wildman–Crippen LogP) is 1.32. The molecular weight excluding hydrogens is 238 g/mol. The molecule has 0 radical (unpaired) electrons. The van der Waals surface area contributed by atoms with Gasteiger partial charge in [0.2, 0.25) is 5.91 Å². The van der Waals surface area contributed by atoms with Crippen LogP contribution in [0.1, 0.15) is 39.5 Å². The number of carbonyl (C=O) groups excluding carboxylic acids is 1. The number of amides is 1. The van der Waals surface area contributed by atoms with Gasteiger partial charge in [-0.1, -0.05) is 13.8 Å². The average molecular weight is 267 g/mol. The first-order valence-electron chi connectivity index (χ1n) is 7.70. The van der Waals surface area contributed by atoms with E-state index in [2.05, 4.69) is 24.1 Å². The molecule has 0 aromatic heterocycles. The summed E-state index contributed by atoms with van der Waals surface area (Å²) >= 11 is 0. The fourth-order valence-electron chi connectivity index (χ4n) is 3.56. The molecule has 0 spiro atoms. The molecule has 0 aromatic carbocycles. The minimum atomic E-state index is -0.0134. The van der Waals surface area contributed by atoms with E-state index in [4.69, 9.17) is 0 Å². The van der Waals surface area contributed by atoms with Crippen LogP contribution in [-0.4, -0.2) is 61.0 Å². The number of nitrogens with one attached hydrogen (secondary N) is 1. The van der Waals surface area contributed by atoms with Crippen LogP contribution in [0.25, 0.3) is 0 Å². The fourth-order valence-corrected chi connectivity index (χ4v) is 3.56. The lowest BCUT2D eigenvalue weighted by atomic mass is 9.99. The van der Waals surface area contributed by atoms with Crippen molar-refractivity contribution in [1.29, 1.82) is 0 Å². The summed E-state index contributed by atoms with van der Waals surface area (Å²) in [6.07, 6.45) is 4.74. The van der Waals surface area contributed by atoms with E-state index in [-0.39, 0.29) is 11.9 Å². The van der Waals surface area contributed by atoms with Crippen molar-refractivity contribution < 1.29 is 4.79 Å². The molecule has 2 aliphatic rings. The van der Waals surface area contributed by atoms with Gasteiger partial charge in [0.25, 0.3) is 0 Å². The fraction of sp³-hybridized carbons (Fsp3) is 0.933. The number of nitrogens with zero attached hydrogens (tertiary/aromatic N) is 2. The van der Waals surface area contributed by atoms with Crippen molar-refractivity contribution in [3.05, 3.63) is 0 Å². The maximum Gasteiger partial charge on any atom is 0.239 e. The largest absolute Gasteiger partial charge is 0.347 e. The molecule has 3 atom stereocenters. The van der Waals surface area contributed by atoms with Crippen LogP contribution in [0.4, 0.5) is 0 Å². The summed E-state index contributed by atoms with van der Waals surface area (Å²) in [6.45, 7) is 6.83. The van der Waals surface area contributed by atoms with E-state index in [9.17, 15) is 4.79 Å². The van der Waals surface area contributed by atoms with Crippen molar-refractivity contribution >= 4 is 5.91 Å². The molecule has 0 bridgehead atoms. The van der Waals surface area contributed by atoms with E-state index in [1.807, 2.05) is 14.1 Å². The van der Waals surface area contributed by atoms with E-state index in [1.165, 1.54) is 32.4 Å². The molecule has 19 heavy (non-hydrogen) atoms. The van der Waals surface area contributed by atoms with Crippen LogP contribution < -0.4 is 5.32 Å². The number of carbonyl (C=O) groups is 1. The highest BCUT2D eigenvalue weighted by atomic mass is 16.2. The highest BCUT2D eigenvalue weighted by molar-refractivity contribution is 5.81. The normalized spacial score (nSPS) is 28.7. The van der Waals surface area contributed by atoms with Crippen molar-refractivity contribution in [2.75, 3.05) is 27.2 Å². The van der Waals surface area contributed by atoms with Crippen molar-refractivity contribution in [3.8, 4) is 0 Å². The number of hydrogen-bond acceptors (Lipinski definition) is 3. The highest BCUT2D eigenvalue weighted by Gasteiger charge is 2.38. The second kappa shape index (κ2) is 6.23. The first-order chi connectivity index (χ1) is 8.99. The standard InChI is InChI=1S/C15H29N3O/c1-11(2)10-13(15(19)17(3)4)16-12-7-9-18-8-5-6-14(12)18/h11-14,16H,5-10H2,1-4H3. The molecule has 1 amide bonds. The Morgan fingerprint density at radius 3 is 2.68 bits per heavy atom. The maximum atomic E-state index is 12.3. The minimum Gasteiger partial charge on any atom is -0.347 e. The Bertz CT molecular complexity index is 317. The Morgan fingerprint density at radius 1 is 1.32 bits per heavy atom. The third-order valence-corrected chi connectivity index (χ3v) is 4.47. The van der Waals surface area contributed by atoms with E-state index >= 15 is 0 Å². The molecule has 0 saturated carbocycles. The number of rotatable bonds is 5. The summed E-state index contributed by atoms with van der Waals surface area (Å²) in [6, 6.07) is 1.17. The summed E-state index contributed by atoms with van der Waals surface area (Å²) in [5.74, 6) is 0.771. The monoisotopic (exact) mass is 267 g/mol. The first kappa shape index (κ1) is 14.8. The second-order valence-corrected chi connectivity index (χ2v) is 6.72. The molecule has 3 unspecified atom stereocenters. The topological polar surface area (TPSA) is 35.6 Å². The molecule has 2 aliphatic heterocycles. The Hall–Kier alpha value is -0.610. The molecular formula is C15H29N3O. The van der Waals surface area contributed by atoms with Gasteiger partial charge >= 0.3 is 0 Å². The van der Waals surface area contributed by atoms with Gasteiger partial charge in [0, 0.05) is 32.7 Å². The first-order valence-corrected chi connectivity index (χ1v) is 7.70. The third kappa shape index (κ3) is 3.48. The maximum absolute atomic E-state index is 12.3. The summed E-state index contributed by atoms with van der Waals surface area (Å²) in [5.41, 5.74) is 0. The SMILES string of the molecule is CC(C)CC(NC1CCN2CCCC12)C(=O)N(C)C. The summed E-state index contributed by atoms with van der Waals surface area (Å²) in [5, 5.41) is 3.67. The van der Waals surface area contributed by atoms with E-state index in [0.29, 0.717) is 18.0 Å². The van der Waals surface area contributed by atoms with Crippen LogP contribution in [0.15, 0.2) is 0 Å². The zero-order valence-electron chi connectivity index (χ0n) is 12.9. The molecule has 0 aliphatic carbocycles. The van der Waals surface area contributed by atoms with Gasteiger partial charge in [0.1, 0.15) is 0 Å². The predicted molar refractivity (Wildman–Crippen MR) is 78.1 cm³/mol. The Balaban J connectivity index is 1.97. The van der Waals surface area contributed by atoms with Crippen LogP contribution in [0.5, 0.6) is 0 Å². The van der Waals surface area contributed by atoms with Crippen LogP contribution in [-0.2, 0) is 4.79 Å². The lowest BCUT2D eigenvalue weighted by Crippen LogP contribution is -2.51.